The molecular formula is C13H22N4O2. The van der Waals surface area contributed by atoms with Gasteiger partial charge in [0.15, 0.2) is 0 Å². The van der Waals surface area contributed by atoms with Gasteiger partial charge in [-0.15, -0.1) is 0 Å². The van der Waals surface area contributed by atoms with Crippen molar-refractivity contribution in [2.75, 3.05) is 39.3 Å². The van der Waals surface area contributed by atoms with Gasteiger partial charge in [-0.25, -0.2) is 9.78 Å². The van der Waals surface area contributed by atoms with Crippen LogP contribution in [0, 0.1) is 0 Å². The van der Waals surface area contributed by atoms with Crippen LogP contribution in [0.2, 0.25) is 0 Å². The number of hydrogen-bond donors (Lipinski definition) is 2. The van der Waals surface area contributed by atoms with Crippen LogP contribution in [0.3, 0.4) is 0 Å². The van der Waals surface area contributed by atoms with E-state index in [1.54, 1.807) is 13.3 Å². The van der Waals surface area contributed by atoms with E-state index in [-0.39, 0.29) is 6.03 Å². The van der Waals surface area contributed by atoms with E-state index in [2.05, 4.69) is 15.6 Å². The first-order chi connectivity index (χ1) is 9.13. The molecule has 1 aromatic heterocycles. The zero-order chi connectivity index (χ0) is 14.1. The Morgan fingerprint density at radius 3 is 2.89 bits per heavy atom. The van der Waals surface area contributed by atoms with Crippen LogP contribution in [-0.2, 0) is 11.3 Å². The number of carbonyl (C=O) groups is 1. The summed E-state index contributed by atoms with van der Waals surface area (Å²) in [6, 6.07) is 3.67. The molecule has 0 atom stereocenters. The first-order valence-corrected chi connectivity index (χ1v) is 6.26. The van der Waals surface area contributed by atoms with Gasteiger partial charge in [-0.1, -0.05) is 0 Å². The lowest BCUT2D eigenvalue weighted by atomic mass is 10.2. The molecule has 1 heterocycles. The largest absolute Gasteiger partial charge is 0.385 e. The van der Waals surface area contributed by atoms with Gasteiger partial charge in [-0.3, -0.25) is 0 Å². The summed E-state index contributed by atoms with van der Waals surface area (Å²) in [6.07, 6.45) is 2.55. The summed E-state index contributed by atoms with van der Waals surface area (Å²) in [5, 5.41) is 5.57. The van der Waals surface area contributed by atoms with E-state index in [9.17, 15) is 4.79 Å². The second kappa shape index (κ2) is 8.31. The maximum absolute atomic E-state index is 11.5. The lowest BCUT2D eigenvalue weighted by molar-refractivity contribution is 0.193. The van der Waals surface area contributed by atoms with Crippen molar-refractivity contribution < 1.29 is 9.53 Å². The molecule has 0 aliphatic heterocycles. The van der Waals surface area contributed by atoms with E-state index in [4.69, 9.17) is 4.74 Å². The third kappa shape index (κ3) is 6.05. The Balaban J connectivity index is 2.31. The fourth-order valence-corrected chi connectivity index (χ4v) is 1.48. The van der Waals surface area contributed by atoms with Crippen molar-refractivity contribution in [2.45, 2.75) is 13.0 Å². The molecule has 0 spiro atoms. The third-order valence-electron chi connectivity index (χ3n) is 2.53. The summed E-state index contributed by atoms with van der Waals surface area (Å²) in [6.45, 7) is 1.75. The number of aromatic nitrogens is 1. The zero-order valence-electron chi connectivity index (χ0n) is 11.8. The van der Waals surface area contributed by atoms with Crippen LogP contribution in [0.1, 0.15) is 12.0 Å². The summed E-state index contributed by atoms with van der Waals surface area (Å²) in [5.41, 5.74) is 1.02. The number of nitrogens with zero attached hydrogens (tertiary/aromatic N) is 2. The van der Waals surface area contributed by atoms with E-state index in [0.29, 0.717) is 19.7 Å². The van der Waals surface area contributed by atoms with E-state index in [0.717, 1.165) is 17.8 Å². The molecule has 0 saturated heterocycles. The van der Waals surface area contributed by atoms with E-state index < -0.39 is 0 Å². The molecule has 0 fully saturated rings. The van der Waals surface area contributed by atoms with Crippen molar-refractivity contribution >= 4 is 11.8 Å². The van der Waals surface area contributed by atoms with Crippen LogP contribution >= 0.6 is 0 Å². The maximum Gasteiger partial charge on any atom is 0.315 e. The van der Waals surface area contributed by atoms with Gasteiger partial charge in [0, 0.05) is 47.1 Å². The molecule has 0 radical (unpaired) electrons. The molecule has 0 saturated carbocycles. The van der Waals surface area contributed by atoms with E-state index in [1.165, 1.54) is 0 Å². The highest BCUT2D eigenvalue weighted by Gasteiger charge is 2.02. The molecule has 1 aromatic rings. The number of carbonyl (C=O) groups excluding carboxylic acids is 1. The zero-order valence-corrected chi connectivity index (χ0v) is 11.8. The molecule has 2 amide bonds. The number of urea groups is 1. The van der Waals surface area contributed by atoms with Gasteiger partial charge in [0.25, 0.3) is 0 Å². The summed E-state index contributed by atoms with van der Waals surface area (Å²) >= 11 is 0. The average Bonchev–Trinajstić information content (AvgIpc) is 2.41. The highest BCUT2D eigenvalue weighted by atomic mass is 16.5. The van der Waals surface area contributed by atoms with Crippen LogP contribution in [0.5, 0.6) is 0 Å². The minimum Gasteiger partial charge on any atom is -0.385 e. The quantitative estimate of drug-likeness (QED) is 0.722. The fourth-order valence-electron chi connectivity index (χ4n) is 1.48. The highest BCUT2D eigenvalue weighted by Crippen LogP contribution is 2.08. The SMILES string of the molecule is COCCCNC(=O)NCc1ccnc(N(C)C)c1. The number of rotatable bonds is 7. The number of hydrogen-bond acceptors (Lipinski definition) is 4. The molecule has 19 heavy (non-hydrogen) atoms. The van der Waals surface area contributed by atoms with Crippen molar-refractivity contribution in [3.8, 4) is 0 Å². The second-order valence-electron chi connectivity index (χ2n) is 4.37. The summed E-state index contributed by atoms with van der Waals surface area (Å²) in [5.74, 6) is 0.875. The van der Waals surface area contributed by atoms with E-state index in [1.807, 2.05) is 31.1 Å². The molecule has 0 aromatic carbocycles. The van der Waals surface area contributed by atoms with Gasteiger partial charge in [0.2, 0.25) is 0 Å². The molecular weight excluding hydrogens is 244 g/mol. The fraction of sp³-hybridized carbons (Fsp3) is 0.538. The van der Waals surface area contributed by atoms with Crippen LogP contribution in [0.15, 0.2) is 18.3 Å². The Bertz CT molecular complexity index is 396. The number of methoxy groups -OCH3 is 1. The Labute approximate surface area is 114 Å². The summed E-state index contributed by atoms with van der Waals surface area (Å²) in [4.78, 5) is 17.7. The van der Waals surface area contributed by atoms with Crippen molar-refractivity contribution in [3.63, 3.8) is 0 Å². The second-order valence-corrected chi connectivity index (χ2v) is 4.37. The topological polar surface area (TPSA) is 66.5 Å². The summed E-state index contributed by atoms with van der Waals surface area (Å²) < 4.78 is 4.91. The summed E-state index contributed by atoms with van der Waals surface area (Å²) in [7, 11) is 5.51. The Morgan fingerprint density at radius 2 is 2.21 bits per heavy atom. The number of ether oxygens (including phenoxy) is 1. The van der Waals surface area contributed by atoms with Crippen LogP contribution in [-0.4, -0.2) is 45.4 Å². The van der Waals surface area contributed by atoms with Crippen LogP contribution < -0.4 is 15.5 Å². The van der Waals surface area contributed by atoms with Crippen molar-refractivity contribution in [2.24, 2.45) is 0 Å². The van der Waals surface area contributed by atoms with E-state index >= 15 is 0 Å². The normalized spacial score (nSPS) is 10.1. The Morgan fingerprint density at radius 1 is 1.42 bits per heavy atom. The van der Waals surface area contributed by atoms with Crippen LogP contribution in [0.4, 0.5) is 10.6 Å². The van der Waals surface area contributed by atoms with Gasteiger partial charge < -0.3 is 20.3 Å². The van der Waals surface area contributed by atoms with Gasteiger partial charge in [0.05, 0.1) is 0 Å². The molecule has 6 heteroatoms. The molecule has 0 bridgehead atoms. The monoisotopic (exact) mass is 266 g/mol. The predicted molar refractivity (Wildman–Crippen MR) is 75.3 cm³/mol. The highest BCUT2D eigenvalue weighted by molar-refractivity contribution is 5.73. The number of nitrogens with one attached hydrogen (secondary N) is 2. The average molecular weight is 266 g/mol. The van der Waals surface area contributed by atoms with Crippen molar-refractivity contribution in [3.05, 3.63) is 23.9 Å². The lowest BCUT2D eigenvalue weighted by Crippen LogP contribution is -2.35. The van der Waals surface area contributed by atoms with Crippen molar-refractivity contribution in [1.82, 2.24) is 15.6 Å². The number of pyridine rings is 1. The minimum atomic E-state index is -0.167. The maximum atomic E-state index is 11.5. The Hall–Kier alpha value is -1.82. The van der Waals surface area contributed by atoms with Crippen LogP contribution in [0.25, 0.3) is 0 Å². The molecule has 2 N–H and O–H groups in total. The Kier molecular flexibility index (Phi) is 6.67. The standard InChI is InChI=1S/C13H22N4O2/c1-17(2)12-9-11(5-7-14-12)10-16-13(18)15-6-4-8-19-3/h5,7,9H,4,6,8,10H2,1-3H3,(H2,15,16,18). The molecule has 106 valence electrons. The van der Waals surface area contributed by atoms with Gasteiger partial charge in [0.1, 0.15) is 5.82 Å². The van der Waals surface area contributed by atoms with Gasteiger partial charge in [-0.05, 0) is 24.1 Å². The first-order valence-electron chi connectivity index (χ1n) is 6.26. The molecule has 0 aliphatic carbocycles. The van der Waals surface area contributed by atoms with Crippen molar-refractivity contribution in [1.29, 1.82) is 0 Å². The number of amides is 2. The first kappa shape index (κ1) is 15.2. The van der Waals surface area contributed by atoms with Gasteiger partial charge >= 0.3 is 6.03 Å². The molecule has 6 nitrogen and oxygen atoms in total. The molecule has 1 rings (SSSR count). The third-order valence-corrected chi connectivity index (χ3v) is 2.53. The smallest absolute Gasteiger partial charge is 0.315 e. The minimum absolute atomic E-state index is 0.167. The van der Waals surface area contributed by atoms with Gasteiger partial charge in [-0.2, -0.15) is 0 Å². The lowest BCUT2D eigenvalue weighted by Gasteiger charge is -2.12. The molecule has 0 unspecified atom stereocenters. The molecule has 0 aliphatic rings. The number of anilines is 1. The predicted octanol–water partition coefficient (Wildman–Crippen LogP) is 0.983.